The number of pyridine rings is 2. The van der Waals surface area contributed by atoms with E-state index in [9.17, 15) is 9.59 Å². The molecule has 3 aromatic carbocycles. The highest BCUT2D eigenvalue weighted by molar-refractivity contribution is 6.03. The van der Waals surface area contributed by atoms with Crippen molar-refractivity contribution < 1.29 is 9.53 Å². The van der Waals surface area contributed by atoms with Crippen LogP contribution in [-0.2, 0) is 13.0 Å². The highest BCUT2D eigenvalue weighted by Crippen LogP contribution is 2.38. The van der Waals surface area contributed by atoms with Crippen LogP contribution in [0.5, 0.6) is 5.75 Å². The number of hydrogen-bond donors (Lipinski definition) is 2. The van der Waals surface area contributed by atoms with Gasteiger partial charge in [-0.1, -0.05) is 70.2 Å². The molecule has 2 N–H and O–H groups in total. The van der Waals surface area contributed by atoms with Crippen molar-refractivity contribution >= 4 is 28.4 Å². The number of rotatable bonds is 13. The van der Waals surface area contributed by atoms with Crippen molar-refractivity contribution in [2.24, 2.45) is 0 Å². The summed E-state index contributed by atoms with van der Waals surface area (Å²) in [5.41, 5.74) is 6.31. The zero-order chi connectivity index (χ0) is 35.0. The maximum absolute atomic E-state index is 14.4. The average molecular weight is 670 g/mol. The van der Waals surface area contributed by atoms with Gasteiger partial charge in [0.2, 0.25) is 0 Å². The summed E-state index contributed by atoms with van der Waals surface area (Å²) in [5, 5.41) is 8.17. The monoisotopic (exact) mass is 669 g/mol. The van der Waals surface area contributed by atoms with E-state index in [1.165, 1.54) is 6.33 Å². The van der Waals surface area contributed by atoms with Gasteiger partial charge in [0.25, 0.3) is 5.56 Å². The SMILES string of the molecule is CC(C)c1cc(-c2cccc(OCCCn3cncn3)c2)cc(C(C)C)c1NC(=O)N(CCc1ccccc1)c1cc2cccnc2[nH]c1=O. The summed E-state index contributed by atoms with van der Waals surface area (Å²) in [4.78, 5) is 40.5. The number of amides is 2. The first kappa shape index (κ1) is 34.1. The molecule has 0 spiro atoms. The van der Waals surface area contributed by atoms with Gasteiger partial charge in [0.05, 0.1) is 6.61 Å². The Labute approximate surface area is 292 Å². The van der Waals surface area contributed by atoms with Gasteiger partial charge >= 0.3 is 6.03 Å². The number of benzene rings is 3. The molecule has 0 saturated heterocycles. The lowest BCUT2D eigenvalue weighted by atomic mass is 9.88. The summed E-state index contributed by atoms with van der Waals surface area (Å²) in [6, 6.07) is 27.4. The fourth-order valence-corrected chi connectivity index (χ4v) is 6.05. The van der Waals surface area contributed by atoms with Crippen LogP contribution >= 0.6 is 0 Å². The number of fused-ring (bicyclic) bond motifs is 1. The Hall–Kier alpha value is -5.77. The fraction of sp³-hybridized carbons (Fsp3) is 0.275. The van der Waals surface area contributed by atoms with Crippen molar-refractivity contribution in [2.75, 3.05) is 23.4 Å². The van der Waals surface area contributed by atoms with Crippen LogP contribution in [0.15, 0.2) is 109 Å². The number of carbonyl (C=O) groups is 1. The smallest absolute Gasteiger partial charge is 0.326 e. The minimum atomic E-state index is -0.372. The highest BCUT2D eigenvalue weighted by atomic mass is 16.5. The third kappa shape index (κ3) is 8.08. The van der Waals surface area contributed by atoms with E-state index in [1.54, 1.807) is 28.2 Å². The molecule has 50 heavy (non-hydrogen) atoms. The molecule has 0 unspecified atom stereocenters. The number of aromatic nitrogens is 5. The molecule has 0 fully saturated rings. The molecule has 10 heteroatoms. The van der Waals surface area contributed by atoms with Gasteiger partial charge in [-0.2, -0.15) is 5.10 Å². The summed E-state index contributed by atoms with van der Waals surface area (Å²) in [7, 11) is 0. The van der Waals surface area contributed by atoms with E-state index in [0.29, 0.717) is 25.2 Å². The van der Waals surface area contributed by atoms with E-state index in [-0.39, 0.29) is 29.1 Å². The third-order valence-corrected chi connectivity index (χ3v) is 8.71. The number of hydrogen-bond acceptors (Lipinski definition) is 6. The molecule has 0 radical (unpaired) electrons. The number of nitrogens with zero attached hydrogens (tertiary/aromatic N) is 5. The first-order chi connectivity index (χ1) is 24.3. The van der Waals surface area contributed by atoms with Crippen molar-refractivity contribution in [3.05, 3.63) is 131 Å². The number of aromatic amines is 1. The number of nitrogens with one attached hydrogen (secondary N) is 2. The molecular weight excluding hydrogens is 626 g/mol. The van der Waals surface area contributed by atoms with Crippen LogP contribution in [0, 0.1) is 0 Å². The maximum Gasteiger partial charge on any atom is 0.326 e. The molecule has 3 aromatic heterocycles. The average Bonchev–Trinajstić information content (AvgIpc) is 3.64. The first-order valence-corrected chi connectivity index (χ1v) is 17.1. The number of aryl methyl sites for hydroxylation is 1. The van der Waals surface area contributed by atoms with Gasteiger partial charge in [0.1, 0.15) is 29.7 Å². The summed E-state index contributed by atoms with van der Waals surface area (Å²) >= 11 is 0. The zero-order valence-corrected chi connectivity index (χ0v) is 29.0. The molecule has 0 aliphatic rings. The highest BCUT2D eigenvalue weighted by Gasteiger charge is 2.24. The fourth-order valence-electron chi connectivity index (χ4n) is 6.05. The van der Waals surface area contributed by atoms with E-state index in [2.05, 4.69) is 77.3 Å². The molecule has 6 rings (SSSR count). The second-order valence-corrected chi connectivity index (χ2v) is 13.0. The Morgan fingerprint density at radius 2 is 1.70 bits per heavy atom. The summed E-state index contributed by atoms with van der Waals surface area (Å²) in [6.45, 7) is 10.1. The number of H-pyrrole nitrogens is 1. The summed E-state index contributed by atoms with van der Waals surface area (Å²) in [5.74, 6) is 0.999. The normalized spacial score (nSPS) is 11.3. The zero-order valence-electron chi connectivity index (χ0n) is 29.0. The lowest BCUT2D eigenvalue weighted by Crippen LogP contribution is -2.40. The van der Waals surface area contributed by atoms with Crippen LogP contribution in [-0.4, -0.2) is 43.9 Å². The van der Waals surface area contributed by atoms with Crippen molar-refractivity contribution in [1.82, 2.24) is 24.7 Å². The minimum absolute atomic E-state index is 0.104. The van der Waals surface area contributed by atoms with Gasteiger partial charge in [-0.15, -0.1) is 0 Å². The lowest BCUT2D eigenvalue weighted by molar-refractivity contribution is 0.257. The van der Waals surface area contributed by atoms with Gasteiger partial charge in [-0.3, -0.25) is 14.4 Å². The number of urea groups is 1. The van der Waals surface area contributed by atoms with Gasteiger partial charge in [0, 0.05) is 36.8 Å². The van der Waals surface area contributed by atoms with Crippen LogP contribution in [0.3, 0.4) is 0 Å². The molecule has 3 heterocycles. The number of anilines is 2. The lowest BCUT2D eigenvalue weighted by Gasteiger charge is -2.27. The Morgan fingerprint density at radius 1 is 0.920 bits per heavy atom. The Morgan fingerprint density at radius 3 is 2.42 bits per heavy atom. The number of ether oxygens (including phenoxy) is 1. The first-order valence-electron chi connectivity index (χ1n) is 17.1. The molecule has 0 atom stereocenters. The number of carbonyl (C=O) groups excluding carboxylic acids is 1. The maximum atomic E-state index is 14.4. The van der Waals surface area contributed by atoms with Crippen LogP contribution in [0.25, 0.3) is 22.2 Å². The van der Waals surface area contributed by atoms with Crippen molar-refractivity contribution in [2.45, 2.75) is 58.9 Å². The Kier molecular flexibility index (Phi) is 10.7. The van der Waals surface area contributed by atoms with E-state index >= 15 is 0 Å². The van der Waals surface area contributed by atoms with Crippen molar-refractivity contribution in [1.29, 1.82) is 0 Å². The predicted octanol–water partition coefficient (Wildman–Crippen LogP) is 8.18. The van der Waals surface area contributed by atoms with Crippen LogP contribution in [0.2, 0.25) is 0 Å². The molecule has 0 aliphatic carbocycles. The second-order valence-electron chi connectivity index (χ2n) is 13.0. The van der Waals surface area contributed by atoms with Crippen LogP contribution < -0.4 is 20.5 Å². The van der Waals surface area contributed by atoms with Gasteiger partial charge < -0.3 is 15.0 Å². The molecule has 0 saturated carbocycles. The summed E-state index contributed by atoms with van der Waals surface area (Å²) < 4.78 is 7.89. The Bertz CT molecular complexity index is 2080. The van der Waals surface area contributed by atoms with E-state index in [4.69, 9.17) is 4.74 Å². The molecule has 0 aliphatic heterocycles. The summed E-state index contributed by atoms with van der Waals surface area (Å²) in [6.07, 6.45) is 6.25. The largest absolute Gasteiger partial charge is 0.494 e. The molecular formula is C40H43N7O3. The van der Waals surface area contributed by atoms with Crippen LogP contribution in [0.1, 0.15) is 62.6 Å². The van der Waals surface area contributed by atoms with E-state index in [0.717, 1.165) is 57.6 Å². The van der Waals surface area contributed by atoms with Gasteiger partial charge in [0.15, 0.2) is 0 Å². The molecule has 6 aromatic rings. The van der Waals surface area contributed by atoms with E-state index < -0.39 is 0 Å². The molecule has 10 nitrogen and oxygen atoms in total. The second kappa shape index (κ2) is 15.6. The quantitative estimate of drug-likeness (QED) is 0.120. The van der Waals surface area contributed by atoms with Crippen LogP contribution in [0.4, 0.5) is 16.2 Å². The third-order valence-electron chi connectivity index (χ3n) is 8.71. The van der Waals surface area contributed by atoms with Gasteiger partial charge in [-0.05, 0) is 88.5 Å². The Balaban J connectivity index is 1.31. The predicted molar refractivity (Wildman–Crippen MR) is 199 cm³/mol. The van der Waals surface area contributed by atoms with E-state index in [1.807, 2.05) is 54.6 Å². The molecule has 0 bridgehead atoms. The van der Waals surface area contributed by atoms with Crippen molar-refractivity contribution in [3.63, 3.8) is 0 Å². The molecule has 2 amide bonds. The standard InChI is InChI=1S/C40H43N7O3/c1-27(2)34-22-32(30-13-8-15-33(21-30)50-20-10-18-46-26-41-25-43-46)23-35(28(3)4)37(34)44-40(49)47(19-16-29-11-6-5-7-12-29)36-24-31-14-9-17-42-38(31)45-39(36)48/h5-9,11-15,17,21-28H,10,16,18-20H2,1-4H3,(H,44,49)(H,42,45,48). The minimum Gasteiger partial charge on any atom is -0.494 e. The molecule has 256 valence electrons. The van der Waals surface area contributed by atoms with Gasteiger partial charge in [-0.25, -0.2) is 14.8 Å². The topological polar surface area (TPSA) is 118 Å². The van der Waals surface area contributed by atoms with Crippen molar-refractivity contribution in [3.8, 4) is 16.9 Å².